The molecule has 2 unspecified atom stereocenters. The minimum atomic E-state index is -0.554. The smallest absolute Gasteiger partial charge is 0.237 e. The van der Waals surface area contributed by atoms with Crippen molar-refractivity contribution < 1.29 is 4.79 Å². The highest BCUT2D eigenvalue weighted by Crippen LogP contribution is 2.39. The normalized spacial score (nSPS) is 25.2. The average molecular weight is 308 g/mol. The van der Waals surface area contributed by atoms with Crippen LogP contribution >= 0.6 is 11.8 Å². The van der Waals surface area contributed by atoms with Gasteiger partial charge in [0.05, 0.1) is 5.54 Å². The van der Waals surface area contributed by atoms with Crippen LogP contribution in [0.1, 0.15) is 43.1 Å². The van der Waals surface area contributed by atoms with Gasteiger partial charge in [0, 0.05) is 16.6 Å². The van der Waals surface area contributed by atoms with Gasteiger partial charge in [-0.3, -0.25) is 4.79 Å². The monoisotopic (exact) mass is 308 g/mol. The first-order valence-electron chi connectivity index (χ1n) is 7.41. The highest BCUT2D eigenvalue weighted by Gasteiger charge is 2.43. The van der Waals surface area contributed by atoms with Crippen molar-refractivity contribution >= 4 is 17.7 Å². The highest BCUT2D eigenvalue weighted by molar-refractivity contribution is 7.99. The molecule has 0 radical (unpaired) electrons. The van der Waals surface area contributed by atoms with Crippen LogP contribution < -0.4 is 11.1 Å². The molecule has 1 aliphatic carbocycles. The Balaban J connectivity index is 2.10. The van der Waals surface area contributed by atoms with Gasteiger partial charge in [-0.05, 0) is 52.1 Å². The second kappa shape index (κ2) is 6.32. The Morgan fingerprint density at radius 2 is 2.00 bits per heavy atom. The van der Waals surface area contributed by atoms with E-state index in [2.05, 4.69) is 15.3 Å². The maximum absolute atomic E-state index is 11.8. The van der Waals surface area contributed by atoms with Crippen LogP contribution in [-0.4, -0.2) is 33.2 Å². The van der Waals surface area contributed by atoms with Crippen molar-refractivity contribution in [3.8, 4) is 0 Å². The van der Waals surface area contributed by atoms with Gasteiger partial charge in [-0.15, -0.1) is 0 Å². The number of nitrogens with zero attached hydrogens (tertiary/aromatic N) is 2. The molecule has 5 nitrogen and oxygen atoms in total. The number of likely N-dealkylation sites (N-methyl/N-ethyl adjacent to an activating group) is 1. The van der Waals surface area contributed by atoms with Crippen LogP contribution in [-0.2, 0) is 4.79 Å². The standard InChI is InChI=1S/C15H24N4OS/c1-5-17-15(13(16)20)7-6-12(8-15)21-14-18-10(3)9(2)11(4)19-14/h12,17H,5-8H2,1-4H3,(H2,16,20). The van der Waals surface area contributed by atoms with Crippen molar-refractivity contribution in [3.63, 3.8) is 0 Å². The van der Waals surface area contributed by atoms with Gasteiger partial charge in [-0.2, -0.15) is 0 Å². The van der Waals surface area contributed by atoms with Crippen LogP contribution in [0.25, 0.3) is 0 Å². The van der Waals surface area contributed by atoms with Crippen LogP contribution in [0, 0.1) is 20.8 Å². The molecule has 0 bridgehead atoms. The van der Waals surface area contributed by atoms with Crippen LogP contribution in [0.4, 0.5) is 0 Å². The van der Waals surface area contributed by atoms with E-state index in [4.69, 9.17) is 5.73 Å². The molecule has 1 saturated carbocycles. The van der Waals surface area contributed by atoms with Gasteiger partial charge < -0.3 is 11.1 Å². The zero-order valence-corrected chi connectivity index (χ0v) is 14.0. The lowest BCUT2D eigenvalue weighted by atomic mass is 9.97. The third kappa shape index (κ3) is 3.37. The second-order valence-corrected chi connectivity index (χ2v) is 7.03. The Morgan fingerprint density at radius 1 is 1.38 bits per heavy atom. The van der Waals surface area contributed by atoms with E-state index >= 15 is 0 Å². The van der Waals surface area contributed by atoms with Gasteiger partial charge >= 0.3 is 0 Å². The summed E-state index contributed by atoms with van der Waals surface area (Å²) in [6.07, 6.45) is 2.49. The molecule has 0 aromatic carbocycles. The minimum Gasteiger partial charge on any atom is -0.368 e. The summed E-state index contributed by atoms with van der Waals surface area (Å²) in [6, 6.07) is 0. The van der Waals surface area contributed by atoms with E-state index < -0.39 is 5.54 Å². The molecule has 1 aliphatic rings. The molecule has 6 heteroatoms. The van der Waals surface area contributed by atoms with Crippen molar-refractivity contribution in [1.82, 2.24) is 15.3 Å². The van der Waals surface area contributed by atoms with Gasteiger partial charge in [-0.25, -0.2) is 9.97 Å². The number of amides is 1. The van der Waals surface area contributed by atoms with E-state index in [0.717, 1.165) is 47.9 Å². The molecule has 0 aliphatic heterocycles. The van der Waals surface area contributed by atoms with Crippen molar-refractivity contribution in [2.75, 3.05) is 6.54 Å². The number of nitrogens with one attached hydrogen (secondary N) is 1. The second-order valence-electron chi connectivity index (χ2n) is 5.76. The fraction of sp³-hybridized carbons (Fsp3) is 0.667. The van der Waals surface area contributed by atoms with Gasteiger partial charge in [-0.1, -0.05) is 18.7 Å². The van der Waals surface area contributed by atoms with E-state index in [1.165, 1.54) is 0 Å². The number of nitrogens with two attached hydrogens (primary N) is 1. The zero-order valence-electron chi connectivity index (χ0n) is 13.2. The summed E-state index contributed by atoms with van der Waals surface area (Å²) in [5.74, 6) is -0.246. The molecule has 1 heterocycles. The minimum absolute atomic E-state index is 0.246. The third-order valence-corrected chi connectivity index (χ3v) is 5.47. The molecule has 1 aromatic heterocycles. The van der Waals surface area contributed by atoms with Crippen LogP contribution in [0.3, 0.4) is 0 Å². The zero-order chi connectivity index (χ0) is 15.6. The van der Waals surface area contributed by atoms with Gasteiger partial charge in [0.1, 0.15) is 0 Å². The number of carbonyl (C=O) groups excluding carboxylic acids is 1. The summed E-state index contributed by atoms with van der Waals surface area (Å²) < 4.78 is 0. The Kier molecular flexibility index (Phi) is 4.88. The Morgan fingerprint density at radius 3 is 2.52 bits per heavy atom. The van der Waals surface area contributed by atoms with E-state index in [9.17, 15) is 4.79 Å². The molecule has 1 aromatic rings. The third-order valence-electron chi connectivity index (χ3n) is 4.34. The summed E-state index contributed by atoms with van der Waals surface area (Å²) in [4.78, 5) is 20.9. The van der Waals surface area contributed by atoms with Crippen molar-refractivity contribution in [2.45, 2.75) is 62.9 Å². The van der Waals surface area contributed by atoms with E-state index in [-0.39, 0.29) is 5.91 Å². The lowest BCUT2D eigenvalue weighted by Gasteiger charge is -2.26. The van der Waals surface area contributed by atoms with Gasteiger partial charge in [0.15, 0.2) is 5.16 Å². The molecule has 0 saturated heterocycles. The summed E-state index contributed by atoms with van der Waals surface area (Å²) in [7, 11) is 0. The fourth-order valence-electron chi connectivity index (χ4n) is 2.85. The largest absolute Gasteiger partial charge is 0.368 e. The van der Waals surface area contributed by atoms with Crippen LogP contribution in [0.15, 0.2) is 5.16 Å². The predicted molar refractivity (Wildman–Crippen MR) is 85.3 cm³/mol. The molecular formula is C15H24N4OS. The van der Waals surface area contributed by atoms with Crippen molar-refractivity contribution in [3.05, 3.63) is 17.0 Å². The Bertz CT molecular complexity index is 525. The van der Waals surface area contributed by atoms with Gasteiger partial charge in [0.2, 0.25) is 5.91 Å². The molecule has 21 heavy (non-hydrogen) atoms. The molecule has 2 rings (SSSR count). The number of hydrogen-bond acceptors (Lipinski definition) is 5. The molecular weight excluding hydrogens is 284 g/mol. The topological polar surface area (TPSA) is 80.9 Å². The number of thioether (sulfide) groups is 1. The number of hydrogen-bond donors (Lipinski definition) is 2. The van der Waals surface area contributed by atoms with Crippen LogP contribution in [0.5, 0.6) is 0 Å². The maximum atomic E-state index is 11.8. The number of aryl methyl sites for hydroxylation is 2. The molecule has 1 fully saturated rings. The Hall–Kier alpha value is -1.14. The Labute approximate surface area is 130 Å². The van der Waals surface area contributed by atoms with Crippen molar-refractivity contribution in [2.24, 2.45) is 5.73 Å². The quantitative estimate of drug-likeness (QED) is 0.812. The molecule has 0 spiro atoms. The predicted octanol–water partition coefficient (Wildman–Crippen LogP) is 1.88. The first-order chi connectivity index (χ1) is 9.88. The van der Waals surface area contributed by atoms with E-state index in [0.29, 0.717) is 5.25 Å². The fourth-order valence-corrected chi connectivity index (χ4v) is 4.13. The van der Waals surface area contributed by atoms with E-state index in [1.807, 2.05) is 27.7 Å². The molecule has 116 valence electrons. The number of primary amides is 1. The highest BCUT2D eigenvalue weighted by atomic mass is 32.2. The summed E-state index contributed by atoms with van der Waals surface area (Å²) in [5.41, 5.74) is 8.24. The lowest BCUT2D eigenvalue weighted by Crippen LogP contribution is -2.53. The summed E-state index contributed by atoms with van der Waals surface area (Å²) in [5, 5.41) is 4.41. The maximum Gasteiger partial charge on any atom is 0.237 e. The van der Waals surface area contributed by atoms with Crippen LogP contribution in [0.2, 0.25) is 0 Å². The average Bonchev–Trinajstić information content (AvgIpc) is 2.81. The summed E-state index contributed by atoms with van der Waals surface area (Å²) >= 11 is 1.66. The first-order valence-corrected chi connectivity index (χ1v) is 8.29. The first kappa shape index (κ1) is 16.2. The number of rotatable bonds is 5. The molecule has 3 N–H and O–H groups in total. The van der Waals surface area contributed by atoms with E-state index in [1.54, 1.807) is 11.8 Å². The molecule has 2 atom stereocenters. The van der Waals surface area contributed by atoms with Crippen molar-refractivity contribution in [1.29, 1.82) is 0 Å². The molecule has 1 amide bonds. The number of carbonyl (C=O) groups is 1. The summed E-state index contributed by atoms with van der Waals surface area (Å²) in [6.45, 7) is 8.81. The lowest BCUT2D eigenvalue weighted by molar-refractivity contribution is -0.124. The van der Waals surface area contributed by atoms with Gasteiger partial charge in [0.25, 0.3) is 0 Å². The SMILES string of the molecule is CCNC1(C(N)=O)CCC(Sc2nc(C)c(C)c(C)n2)C1. The number of aromatic nitrogens is 2.